The van der Waals surface area contributed by atoms with E-state index in [1.54, 1.807) is 6.92 Å². The normalized spacial score (nSPS) is 22.2. The van der Waals surface area contributed by atoms with Crippen LogP contribution in [0, 0.1) is 10.1 Å². The summed E-state index contributed by atoms with van der Waals surface area (Å²) in [6.45, 7) is 4.54. The highest BCUT2D eigenvalue weighted by molar-refractivity contribution is 7.89. The van der Waals surface area contributed by atoms with Gasteiger partial charge in [-0.15, -0.1) is 12.4 Å². The Morgan fingerprint density at radius 2 is 2.04 bits per heavy atom. The minimum absolute atomic E-state index is 0. The molecule has 0 bridgehead atoms. The summed E-state index contributed by atoms with van der Waals surface area (Å²) in [6, 6.07) is 3.31. The van der Waals surface area contributed by atoms with Gasteiger partial charge in [-0.25, -0.2) is 8.42 Å². The standard InChI is InChI=1S/C13H19N3O5S.ClH/c1-9-10(2)15(7-6-14-9)22(19,20)13-8-11(16(17)18)4-5-12(13)21-3;/h4-5,8-10,14H,6-7H2,1-3H3;1H. The second-order valence-electron chi connectivity index (χ2n) is 5.19. The molecular formula is C13H20ClN3O5S. The van der Waals surface area contributed by atoms with Crippen LogP contribution in [0.1, 0.15) is 13.8 Å². The molecule has 1 fully saturated rings. The van der Waals surface area contributed by atoms with Crippen LogP contribution < -0.4 is 10.1 Å². The van der Waals surface area contributed by atoms with Crippen molar-refractivity contribution in [1.29, 1.82) is 0 Å². The minimum Gasteiger partial charge on any atom is -0.495 e. The lowest BCUT2D eigenvalue weighted by atomic mass is 10.1. The molecule has 0 radical (unpaired) electrons. The minimum atomic E-state index is -3.88. The van der Waals surface area contributed by atoms with Crippen molar-refractivity contribution in [3.8, 4) is 5.75 Å². The highest BCUT2D eigenvalue weighted by Crippen LogP contribution is 2.32. The first-order valence-electron chi connectivity index (χ1n) is 6.86. The summed E-state index contributed by atoms with van der Waals surface area (Å²) in [7, 11) is -2.54. The zero-order valence-electron chi connectivity index (χ0n) is 13.1. The quantitative estimate of drug-likeness (QED) is 0.639. The Morgan fingerprint density at radius 1 is 1.39 bits per heavy atom. The molecular weight excluding hydrogens is 346 g/mol. The van der Waals surface area contributed by atoms with Gasteiger partial charge in [0.25, 0.3) is 5.69 Å². The van der Waals surface area contributed by atoms with Crippen molar-refractivity contribution in [2.24, 2.45) is 0 Å². The first-order valence-corrected chi connectivity index (χ1v) is 8.30. The van der Waals surface area contributed by atoms with Crippen molar-refractivity contribution in [2.75, 3.05) is 20.2 Å². The number of hydrogen-bond donors (Lipinski definition) is 1. The lowest BCUT2D eigenvalue weighted by molar-refractivity contribution is -0.385. The van der Waals surface area contributed by atoms with E-state index in [1.807, 2.05) is 6.92 Å². The van der Waals surface area contributed by atoms with E-state index in [0.717, 1.165) is 6.07 Å². The molecule has 1 aliphatic rings. The van der Waals surface area contributed by atoms with Crippen LogP contribution in [0.25, 0.3) is 0 Å². The van der Waals surface area contributed by atoms with E-state index < -0.39 is 14.9 Å². The zero-order valence-corrected chi connectivity index (χ0v) is 14.7. The van der Waals surface area contributed by atoms with Gasteiger partial charge in [0.1, 0.15) is 10.6 Å². The smallest absolute Gasteiger partial charge is 0.271 e. The lowest BCUT2D eigenvalue weighted by Crippen LogP contribution is -2.57. The van der Waals surface area contributed by atoms with Gasteiger partial charge in [-0.2, -0.15) is 4.31 Å². The lowest BCUT2D eigenvalue weighted by Gasteiger charge is -2.37. The molecule has 23 heavy (non-hydrogen) atoms. The molecule has 2 rings (SSSR count). The molecule has 1 aliphatic heterocycles. The summed E-state index contributed by atoms with van der Waals surface area (Å²) in [5.74, 6) is 0.101. The second kappa shape index (κ2) is 7.43. The number of nitrogens with one attached hydrogen (secondary N) is 1. The van der Waals surface area contributed by atoms with Gasteiger partial charge in [0.2, 0.25) is 10.0 Å². The number of non-ortho nitro benzene ring substituents is 1. The molecule has 2 atom stereocenters. The van der Waals surface area contributed by atoms with Gasteiger partial charge in [0.15, 0.2) is 0 Å². The van der Waals surface area contributed by atoms with E-state index in [0.29, 0.717) is 13.1 Å². The topological polar surface area (TPSA) is 102 Å². The fourth-order valence-electron chi connectivity index (χ4n) is 2.47. The molecule has 0 saturated carbocycles. The number of nitro groups is 1. The molecule has 1 saturated heterocycles. The third-order valence-corrected chi connectivity index (χ3v) is 5.93. The number of sulfonamides is 1. The Balaban J connectivity index is 0.00000264. The predicted molar refractivity (Wildman–Crippen MR) is 87.7 cm³/mol. The van der Waals surface area contributed by atoms with Crippen molar-refractivity contribution in [3.05, 3.63) is 28.3 Å². The van der Waals surface area contributed by atoms with Crippen LogP contribution in [0.5, 0.6) is 5.75 Å². The maximum Gasteiger partial charge on any atom is 0.271 e. The summed E-state index contributed by atoms with van der Waals surface area (Å²) in [4.78, 5) is 10.1. The number of nitrogens with zero attached hydrogens (tertiary/aromatic N) is 2. The molecule has 2 unspecified atom stereocenters. The van der Waals surface area contributed by atoms with Crippen LogP contribution in [-0.2, 0) is 10.0 Å². The third kappa shape index (κ3) is 3.74. The molecule has 0 amide bonds. The Kier molecular flexibility index (Phi) is 6.34. The average Bonchev–Trinajstić information content (AvgIpc) is 2.49. The van der Waals surface area contributed by atoms with Gasteiger partial charge in [-0.05, 0) is 19.9 Å². The van der Waals surface area contributed by atoms with Gasteiger partial charge in [-0.3, -0.25) is 10.1 Å². The third-order valence-electron chi connectivity index (χ3n) is 3.92. The fourth-order valence-corrected chi connectivity index (χ4v) is 4.35. The van der Waals surface area contributed by atoms with Crippen LogP contribution >= 0.6 is 12.4 Å². The molecule has 1 N–H and O–H groups in total. The van der Waals surface area contributed by atoms with Crippen LogP contribution in [0.4, 0.5) is 5.69 Å². The number of ether oxygens (including phenoxy) is 1. The van der Waals surface area contributed by atoms with Crippen molar-refractivity contribution < 1.29 is 18.1 Å². The molecule has 10 heteroatoms. The zero-order chi connectivity index (χ0) is 16.5. The summed E-state index contributed by atoms with van der Waals surface area (Å²) in [5.41, 5.74) is -0.282. The van der Waals surface area contributed by atoms with Crippen LogP contribution in [-0.4, -0.2) is 49.9 Å². The first-order chi connectivity index (χ1) is 10.3. The Labute approximate surface area is 141 Å². The SMILES string of the molecule is COc1ccc([N+](=O)[O-])cc1S(=O)(=O)N1CCNC(C)C1C.Cl. The van der Waals surface area contributed by atoms with Crippen LogP contribution in [0.15, 0.2) is 23.1 Å². The summed E-state index contributed by atoms with van der Waals surface area (Å²) >= 11 is 0. The van der Waals surface area contributed by atoms with E-state index >= 15 is 0 Å². The molecule has 130 valence electrons. The highest BCUT2D eigenvalue weighted by Gasteiger charge is 2.36. The first kappa shape index (κ1) is 19.6. The summed E-state index contributed by atoms with van der Waals surface area (Å²) in [6.07, 6.45) is 0. The number of halogens is 1. The monoisotopic (exact) mass is 365 g/mol. The number of nitro benzene ring substituents is 1. The molecule has 0 aliphatic carbocycles. The van der Waals surface area contributed by atoms with Crippen LogP contribution in [0.3, 0.4) is 0 Å². The van der Waals surface area contributed by atoms with E-state index in [9.17, 15) is 18.5 Å². The molecule has 8 nitrogen and oxygen atoms in total. The van der Waals surface area contributed by atoms with Crippen molar-refractivity contribution in [3.63, 3.8) is 0 Å². The Morgan fingerprint density at radius 3 is 2.61 bits per heavy atom. The molecule has 1 aromatic carbocycles. The molecule has 0 aromatic heterocycles. The van der Waals surface area contributed by atoms with Crippen molar-refractivity contribution in [2.45, 2.75) is 30.8 Å². The number of hydrogen-bond acceptors (Lipinski definition) is 6. The summed E-state index contributed by atoms with van der Waals surface area (Å²) in [5, 5.41) is 14.1. The average molecular weight is 366 g/mol. The van der Waals surface area contributed by atoms with E-state index in [2.05, 4.69) is 5.32 Å². The van der Waals surface area contributed by atoms with Gasteiger partial charge in [0, 0.05) is 37.3 Å². The van der Waals surface area contributed by atoms with Gasteiger partial charge in [-0.1, -0.05) is 0 Å². The largest absolute Gasteiger partial charge is 0.495 e. The highest BCUT2D eigenvalue weighted by atomic mass is 35.5. The van der Waals surface area contributed by atoms with Gasteiger partial charge < -0.3 is 10.1 Å². The number of rotatable bonds is 4. The van der Waals surface area contributed by atoms with Gasteiger partial charge in [0.05, 0.1) is 12.0 Å². The van der Waals surface area contributed by atoms with E-state index in [-0.39, 0.29) is 40.8 Å². The number of piperazine rings is 1. The number of methoxy groups -OCH3 is 1. The fraction of sp³-hybridized carbons (Fsp3) is 0.538. The second-order valence-corrected chi connectivity index (χ2v) is 7.05. The van der Waals surface area contributed by atoms with Crippen LogP contribution in [0.2, 0.25) is 0 Å². The van der Waals surface area contributed by atoms with Gasteiger partial charge >= 0.3 is 0 Å². The van der Waals surface area contributed by atoms with Crippen molar-refractivity contribution >= 4 is 28.1 Å². The maximum atomic E-state index is 12.9. The van der Waals surface area contributed by atoms with Crippen molar-refractivity contribution in [1.82, 2.24) is 9.62 Å². The molecule has 1 aromatic rings. The van der Waals surface area contributed by atoms with E-state index in [4.69, 9.17) is 4.74 Å². The predicted octanol–water partition coefficient (Wildman–Crippen LogP) is 1.40. The Hall–Kier alpha value is -1.42. The maximum absolute atomic E-state index is 12.9. The number of benzene rings is 1. The summed E-state index contributed by atoms with van der Waals surface area (Å²) < 4.78 is 32.2. The van der Waals surface area contributed by atoms with E-state index in [1.165, 1.54) is 23.5 Å². The molecule has 1 heterocycles. The Bertz CT molecular complexity index is 682. The molecule has 0 spiro atoms.